The Hall–Kier alpha value is -4.13. The molecule has 0 radical (unpaired) electrons. The summed E-state index contributed by atoms with van der Waals surface area (Å²) in [4.78, 5) is 41.8. The Morgan fingerprint density at radius 1 is 1.03 bits per heavy atom. The number of benzene rings is 2. The maximum atomic E-state index is 13.3. The lowest BCUT2D eigenvalue weighted by atomic mass is 10.0. The summed E-state index contributed by atoms with van der Waals surface area (Å²) in [5.41, 5.74) is 1.71. The highest BCUT2D eigenvalue weighted by Crippen LogP contribution is 2.18. The number of hydrogen-bond donors (Lipinski definition) is 1. The summed E-state index contributed by atoms with van der Waals surface area (Å²) in [6.45, 7) is 1.73. The molecule has 4 aromatic rings. The Labute approximate surface area is 177 Å². The number of ketones is 1. The Balaban J connectivity index is 1.85. The van der Waals surface area contributed by atoms with Gasteiger partial charge in [0.1, 0.15) is 11.4 Å². The van der Waals surface area contributed by atoms with Crippen LogP contribution < -0.4 is 10.7 Å². The Kier molecular flexibility index (Phi) is 5.41. The average Bonchev–Trinajstić information content (AvgIpc) is 2.77. The summed E-state index contributed by atoms with van der Waals surface area (Å²) in [7, 11) is 0. The minimum Gasteiger partial charge on any atom is -0.342 e. The van der Waals surface area contributed by atoms with Crippen LogP contribution in [0, 0.1) is 5.82 Å². The van der Waals surface area contributed by atoms with Crippen LogP contribution in [0.2, 0.25) is 0 Å². The second-order valence-corrected chi connectivity index (χ2v) is 7.10. The van der Waals surface area contributed by atoms with Crippen LogP contribution in [0.25, 0.3) is 10.9 Å². The first-order chi connectivity index (χ1) is 14.9. The van der Waals surface area contributed by atoms with Crippen molar-refractivity contribution >= 4 is 28.3 Å². The highest BCUT2D eigenvalue weighted by molar-refractivity contribution is 6.06. The van der Waals surface area contributed by atoms with Gasteiger partial charge in [0.25, 0.3) is 5.91 Å². The number of Topliss-reactive ketones (excluding diaryl/α,β-unsaturated/α-hetero) is 1. The van der Waals surface area contributed by atoms with Gasteiger partial charge in [-0.2, -0.15) is 0 Å². The number of fused-ring (bicyclic) bond motifs is 1. The fourth-order valence-electron chi connectivity index (χ4n) is 3.33. The smallest absolute Gasteiger partial charge is 0.261 e. The molecule has 0 bridgehead atoms. The molecule has 6 nitrogen and oxygen atoms in total. The van der Waals surface area contributed by atoms with Crippen molar-refractivity contribution in [3.63, 3.8) is 0 Å². The van der Waals surface area contributed by atoms with Crippen molar-refractivity contribution in [3.8, 4) is 0 Å². The molecule has 0 unspecified atom stereocenters. The molecule has 31 heavy (non-hydrogen) atoms. The Bertz CT molecular complexity index is 1350. The maximum Gasteiger partial charge on any atom is 0.261 e. The van der Waals surface area contributed by atoms with E-state index in [0.717, 1.165) is 5.56 Å². The van der Waals surface area contributed by atoms with Gasteiger partial charge in [0.15, 0.2) is 5.78 Å². The summed E-state index contributed by atoms with van der Waals surface area (Å²) in [5.74, 6) is -1.10. The molecule has 2 aromatic carbocycles. The average molecular weight is 415 g/mol. The van der Waals surface area contributed by atoms with Gasteiger partial charge in [0, 0.05) is 41.8 Å². The number of hydrogen-bond acceptors (Lipinski definition) is 4. The number of carbonyl (C=O) groups is 2. The molecule has 1 amide bonds. The van der Waals surface area contributed by atoms with Crippen LogP contribution in [0.1, 0.15) is 33.2 Å². The third-order valence-electron chi connectivity index (χ3n) is 4.94. The monoisotopic (exact) mass is 415 g/mol. The molecule has 0 atom stereocenters. The molecule has 1 N–H and O–H groups in total. The topological polar surface area (TPSA) is 81.1 Å². The molecule has 7 heteroatoms. The van der Waals surface area contributed by atoms with Crippen LogP contribution in [0.5, 0.6) is 0 Å². The van der Waals surface area contributed by atoms with Gasteiger partial charge in [-0.1, -0.05) is 12.1 Å². The number of rotatable bonds is 5. The van der Waals surface area contributed by atoms with E-state index in [1.807, 2.05) is 0 Å². The van der Waals surface area contributed by atoms with Gasteiger partial charge < -0.3 is 9.88 Å². The number of nitrogens with zero attached hydrogens (tertiary/aromatic N) is 2. The molecule has 4 rings (SSSR count). The van der Waals surface area contributed by atoms with Gasteiger partial charge in [-0.15, -0.1) is 0 Å². The normalized spacial score (nSPS) is 10.8. The first-order valence-corrected chi connectivity index (χ1v) is 9.56. The zero-order valence-electron chi connectivity index (χ0n) is 16.6. The van der Waals surface area contributed by atoms with E-state index >= 15 is 0 Å². The maximum absolute atomic E-state index is 13.3. The second-order valence-electron chi connectivity index (χ2n) is 7.10. The molecule has 0 aliphatic carbocycles. The highest BCUT2D eigenvalue weighted by Gasteiger charge is 2.17. The molecule has 0 saturated heterocycles. The summed E-state index contributed by atoms with van der Waals surface area (Å²) < 4.78 is 15.0. The summed E-state index contributed by atoms with van der Waals surface area (Å²) in [6, 6.07) is 14.0. The number of halogens is 1. The quantitative estimate of drug-likeness (QED) is 0.499. The lowest BCUT2D eigenvalue weighted by Crippen LogP contribution is -2.24. The zero-order valence-corrected chi connectivity index (χ0v) is 16.6. The molecule has 0 fully saturated rings. The number of anilines is 1. The van der Waals surface area contributed by atoms with E-state index in [2.05, 4.69) is 10.3 Å². The SMILES string of the molecule is CC(=O)c1ccc2c(c1)c(=O)c(C(=O)Nc1ccncc1)cn2Cc1ccc(F)cc1. The predicted molar refractivity (Wildman–Crippen MR) is 116 cm³/mol. The van der Waals surface area contributed by atoms with Crippen molar-refractivity contribution in [1.29, 1.82) is 0 Å². The molecule has 0 aliphatic heterocycles. The molecule has 0 spiro atoms. The third kappa shape index (κ3) is 4.25. The summed E-state index contributed by atoms with van der Waals surface area (Å²) >= 11 is 0. The van der Waals surface area contributed by atoms with Crippen molar-refractivity contribution in [2.45, 2.75) is 13.5 Å². The molecular weight excluding hydrogens is 397 g/mol. The standard InChI is InChI=1S/C24H18FN3O3/c1-15(29)17-4-7-22-20(12-17)23(30)21(24(31)27-19-8-10-26-11-9-19)14-28(22)13-16-2-5-18(25)6-3-16/h2-12,14H,13H2,1H3,(H,26,27,31). The first kappa shape index (κ1) is 20.2. The van der Waals surface area contributed by atoms with Crippen LogP contribution in [-0.4, -0.2) is 21.2 Å². The molecule has 0 saturated carbocycles. The lowest BCUT2D eigenvalue weighted by Gasteiger charge is -2.14. The van der Waals surface area contributed by atoms with Gasteiger partial charge in [0.05, 0.1) is 5.52 Å². The number of aromatic nitrogens is 2. The van der Waals surface area contributed by atoms with Crippen molar-refractivity contribution in [1.82, 2.24) is 9.55 Å². The third-order valence-corrected chi connectivity index (χ3v) is 4.94. The van der Waals surface area contributed by atoms with Crippen LogP contribution >= 0.6 is 0 Å². The van der Waals surface area contributed by atoms with Gasteiger partial charge in [-0.05, 0) is 55.0 Å². The Morgan fingerprint density at radius 2 is 1.74 bits per heavy atom. The van der Waals surface area contributed by atoms with E-state index in [9.17, 15) is 18.8 Å². The van der Waals surface area contributed by atoms with Crippen LogP contribution in [0.3, 0.4) is 0 Å². The van der Waals surface area contributed by atoms with Crippen molar-refractivity contribution in [2.75, 3.05) is 5.32 Å². The second kappa shape index (κ2) is 8.31. The van der Waals surface area contributed by atoms with E-state index in [0.29, 0.717) is 23.3 Å². The zero-order chi connectivity index (χ0) is 22.0. The number of amides is 1. The molecule has 2 heterocycles. The summed E-state index contributed by atoms with van der Waals surface area (Å²) in [5, 5.41) is 2.95. The Morgan fingerprint density at radius 3 is 2.42 bits per heavy atom. The first-order valence-electron chi connectivity index (χ1n) is 9.56. The van der Waals surface area contributed by atoms with Gasteiger partial charge in [-0.25, -0.2) is 4.39 Å². The van der Waals surface area contributed by atoms with Gasteiger partial charge in [-0.3, -0.25) is 19.4 Å². The van der Waals surface area contributed by atoms with Crippen LogP contribution in [-0.2, 0) is 6.54 Å². The minimum absolute atomic E-state index is 0.0628. The fourth-order valence-corrected chi connectivity index (χ4v) is 3.33. The van der Waals surface area contributed by atoms with Crippen molar-refractivity contribution < 1.29 is 14.0 Å². The largest absolute Gasteiger partial charge is 0.342 e. The van der Waals surface area contributed by atoms with Gasteiger partial charge in [0.2, 0.25) is 5.43 Å². The van der Waals surface area contributed by atoms with Crippen LogP contribution in [0.4, 0.5) is 10.1 Å². The summed E-state index contributed by atoms with van der Waals surface area (Å²) in [6.07, 6.45) is 4.54. The lowest BCUT2D eigenvalue weighted by molar-refractivity contribution is 0.101. The van der Waals surface area contributed by atoms with E-state index < -0.39 is 11.3 Å². The van der Waals surface area contributed by atoms with Crippen molar-refractivity contribution in [2.24, 2.45) is 0 Å². The molecular formula is C24H18FN3O3. The van der Waals surface area contributed by atoms with E-state index in [4.69, 9.17) is 0 Å². The van der Waals surface area contributed by atoms with Crippen molar-refractivity contribution in [3.05, 3.63) is 106 Å². The van der Waals surface area contributed by atoms with Gasteiger partial charge >= 0.3 is 0 Å². The molecule has 2 aromatic heterocycles. The number of pyridine rings is 2. The number of carbonyl (C=O) groups excluding carboxylic acids is 2. The van der Waals surface area contributed by atoms with E-state index in [1.165, 1.54) is 43.7 Å². The fraction of sp³-hybridized carbons (Fsp3) is 0.0833. The minimum atomic E-state index is -0.570. The molecule has 154 valence electrons. The number of nitrogens with one attached hydrogen (secondary N) is 1. The van der Waals surface area contributed by atoms with Crippen LogP contribution in [0.15, 0.2) is 78.0 Å². The molecule has 0 aliphatic rings. The van der Waals surface area contributed by atoms with E-state index in [-0.39, 0.29) is 22.6 Å². The van der Waals surface area contributed by atoms with E-state index in [1.54, 1.807) is 41.0 Å². The highest BCUT2D eigenvalue weighted by atomic mass is 19.1. The predicted octanol–water partition coefficient (Wildman–Crippen LogP) is 4.04.